The van der Waals surface area contributed by atoms with Gasteiger partial charge in [-0.2, -0.15) is 0 Å². The van der Waals surface area contributed by atoms with Crippen molar-refractivity contribution in [2.75, 3.05) is 31.6 Å². The van der Waals surface area contributed by atoms with Gasteiger partial charge in [-0.25, -0.2) is 0 Å². The molecule has 0 spiro atoms. The van der Waals surface area contributed by atoms with Crippen LogP contribution in [0.3, 0.4) is 0 Å². The van der Waals surface area contributed by atoms with Gasteiger partial charge in [0.25, 0.3) is 0 Å². The molecular weight excluding hydrogens is 358 g/mol. The van der Waals surface area contributed by atoms with E-state index in [-0.39, 0.29) is 5.91 Å². The van der Waals surface area contributed by atoms with Gasteiger partial charge in [-0.1, -0.05) is 48.0 Å². The molecule has 1 amide bonds. The molecule has 1 aromatic carbocycles. The molecule has 5 heteroatoms. The van der Waals surface area contributed by atoms with Gasteiger partial charge in [0, 0.05) is 42.6 Å². The molecule has 0 saturated carbocycles. The van der Waals surface area contributed by atoms with Gasteiger partial charge in [0.05, 0.1) is 0 Å². The molecular formula is C22H26ClN3O. The molecule has 1 heterocycles. The van der Waals surface area contributed by atoms with Gasteiger partial charge in [-0.05, 0) is 49.1 Å². The largest absolute Gasteiger partial charge is 0.356 e. The third-order valence-electron chi connectivity index (χ3n) is 4.78. The van der Waals surface area contributed by atoms with E-state index in [1.807, 2.05) is 6.08 Å². The first kappa shape index (κ1) is 19.5. The third-order valence-corrected chi connectivity index (χ3v) is 5.04. The molecule has 0 bridgehead atoms. The Morgan fingerprint density at radius 2 is 2.11 bits per heavy atom. The lowest BCUT2D eigenvalue weighted by Crippen LogP contribution is -2.28. The van der Waals surface area contributed by atoms with Crippen LogP contribution in [0.1, 0.15) is 18.4 Å². The highest BCUT2D eigenvalue weighted by atomic mass is 35.5. The van der Waals surface area contributed by atoms with E-state index >= 15 is 0 Å². The van der Waals surface area contributed by atoms with E-state index in [0.29, 0.717) is 6.54 Å². The van der Waals surface area contributed by atoms with Crippen LogP contribution < -0.4 is 15.5 Å². The molecule has 1 aliphatic carbocycles. The minimum atomic E-state index is -0.0774. The van der Waals surface area contributed by atoms with Crippen LogP contribution in [0.25, 0.3) is 0 Å². The number of amides is 1. The number of carbonyl (C=O) groups excluding carboxylic acids is 1. The summed E-state index contributed by atoms with van der Waals surface area (Å²) < 4.78 is 0. The first-order chi connectivity index (χ1) is 13.2. The van der Waals surface area contributed by atoms with E-state index in [1.165, 1.54) is 22.5 Å². The van der Waals surface area contributed by atoms with Gasteiger partial charge in [0.1, 0.15) is 0 Å². The van der Waals surface area contributed by atoms with E-state index < -0.39 is 0 Å². The number of hydrogen-bond acceptors (Lipinski definition) is 3. The van der Waals surface area contributed by atoms with Crippen LogP contribution in [0.4, 0.5) is 5.69 Å². The summed E-state index contributed by atoms with van der Waals surface area (Å²) >= 11 is 6.32. The van der Waals surface area contributed by atoms with Crippen molar-refractivity contribution in [1.82, 2.24) is 10.6 Å². The second-order valence-corrected chi connectivity index (χ2v) is 7.05. The highest BCUT2D eigenvalue weighted by molar-refractivity contribution is 6.31. The molecule has 27 heavy (non-hydrogen) atoms. The van der Waals surface area contributed by atoms with Gasteiger partial charge < -0.3 is 15.5 Å². The minimum absolute atomic E-state index is 0.0774. The maximum absolute atomic E-state index is 11.2. The number of hydrogen-bond donors (Lipinski definition) is 2. The number of nitrogens with zero attached hydrogens (tertiary/aromatic N) is 1. The average molecular weight is 384 g/mol. The van der Waals surface area contributed by atoms with Crippen LogP contribution in [0, 0.1) is 0 Å². The van der Waals surface area contributed by atoms with Crippen molar-refractivity contribution < 1.29 is 4.79 Å². The molecule has 1 aromatic rings. The van der Waals surface area contributed by atoms with Crippen LogP contribution in [0.5, 0.6) is 0 Å². The van der Waals surface area contributed by atoms with Gasteiger partial charge >= 0.3 is 0 Å². The Labute approximate surface area is 166 Å². The summed E-state index contributed by atoms with van der Waals surface area (Å²) in [4.78, 5) is 13.6. The maximum atomic E-state index is 11.2. The fourth-order valence-electron chi connectivity index (χ4n) is 3.38. The Balaban J connectivity index is 1.64. The molecule has 0 atom stereocenters. The SMILES string of the molecule is CNC(=O)/C=C/CNCCCN1C2=CC(Cl)=CCC2=CCc2ccccc21. The van der Waals surface area contributed by atoms with Crippen LogP contribution in [-0.4, -0.2) is 32.6 Å². The quantitative estimate of drug-likeness (QED) is 0.557. The monoisotopic (exact) mass is 383 g/mol. The Hall–Kier alpha value is -2.30. The molecule has 4 nitrogen and oxygen atoms in total. The number of benzene rings is 1. The predicted molar refractivity (Wildman–Crippen MR) is 113 cm³/mol. The summed E-state index contributed by atoms with van der Waals surface area (Å²) in [5.41, 5.74) is 5.17. The van der Waals surface area contributed by atoms with Gasteiger partial charge in [0.15, 0.2) is 0 Å². The standard InChI is InChI=1S/C22H26ClN3O/c1-24-22(27)8-4-13-25-14-5-15-26-20-7-3-2-6-17(20)9-10-18-11-12-19(23)16-21(18)26/h2-4,6-8,10,12,16,25H,5,9,11,13-15H2,1H3,(H,24,27)/b8-4+. The second kappa shape index (κ2) is 9.58. The zero-order chi connectivity index (χ0) is 19.1. The Morgan fingerprint density at radius 1 is 1.26 bits per heavy atom. The zero-order valence-electron chi connectivity index (χ0n) is 15.7. The van der Waals surface area contributed by atoms with Crippen LogP contribution >= 0.6 is 11.6 Å². The van der Waals surface area contributed by atoms with E-state index in [9.17, 15) is 4.79 Å². The second-order valence-electron chi connectivity index (χ2n) is 6.61. The first-order valence-corrected chi connectivity index (χ1v) is 9.78. The summed E-state index contributed by atoms with van der Waals surface area (Å²) in [5.74, 6) is -0.0774. The lowest BCUT2D eigenvalue weighted by Gasteiger charge is -2.30. The molecule has 1 aliphatic heterocycles. The summed E-state index contributed by atoms with van der Waals surface area (Å²) in [6.07, 6.45) is 12.7. The van der Waals surface area contributed by atoms with Gasteiger partial charge in [-0.3, -0.25) is 4.79 Å². The number of nitrogens with one attached hydrogen (secondary N) is 2. The third kappa shape index (κ3) is 5.12. The molecule has 0 fully saturated rings. The molecule has 2 aliphatic rings. The lowest BCUT2D eigenvalue weighted by molar-refractivity contribution is -0.116. The summed E-state index contributed by atoms with van der Waals surface area (Å²) in [5, 5.41) is 6.74. The summed E-state index contributed by atoms with van der Waals surface area (Å²) in [6.45, 7) is 2.48. The number of allylic oxidation sites excluding steroid dienone is 5. The highest BCUT2D eigenvalue weighted by Gasteiger charge is 2.22. The Bertz CT molecular complexity index is 808. The van der Waals surface area contributed by atoms with E-state index in [2.05, 4.69) is 58.0 Å². The van der Waals surface area contributed by atoms with E-state index in [1.54, 1.807) is 13.1 Å². The molecule has 0 unspecified atom stereocenters. The van der Waals surface area contributed by atoms with E-state index in [0.717, 1.165) is 37.4 Å². The van der Waals surface area contributed by atoms with Crippen LogP contribution in [-0.2, 0) is 11.2 Å². The Morgan fingerprint density at radius 3 is 2.96 bits per heavy atom. The maximum Gasteiger partial charge on any atom is 0.243 e. The molecule has 0 radical (unpaired) electrons. The van der Waals surface area contributed by atoms with Crippen molar-refractivity contribution >= 4 is 23.2 Å². The number of likely N-dealkylation sites (N-methyl/N-ethyl adjacent to an activating group) is 1. The van der Waals surface area contributed by atoms with Gasteiger partial charge in [0.2, 0.25) is 5.91 Å². The van der Waals surface area contributed by atoms with Crippen LogP contribution in [0.15, 0.2) is 70.9 Å². The number of para-hydroxylation sites is 1. The fourth-order valence-corrected chi connectivity index (χ4v) is 3.56. The van der Waals surface area contributed by atoms with E-state index in [4.69, 9.17) is 11.6 Å². The first-order valence-electron chi connectivity index (χ1n) is 9.40. The summed E-state index contributed by atoms with van der Waals surface area (Å²) in [7, 11) is 1.63. The Kier molecular flexibility index (Phi) is 6.91. The molecule has 0 saturated heterocycles. The zero-order valence-corrected chi connectivity index (χ0v) is 16.4. The van der Waals surface area contributed by atoms with Crippen LogP contribution in [0.2, 0.25) is 0 Å². The highest BCUT2D eigenvalue weighted by Crippen LogP contribution is 2.36. The van der Waals surface area contributed by atoms with Crippen molar-refractivity contribution in [3.8, 4) is 0 Å². The average Bonchev–Trinajstić information content (AvgIpc) is 2.84. The smallest absolute Gasteiger partial charge is 0.243 e. The lowest BCUT2D eigenvalue weighted by atomic mass is 10.0. The minimum Gasteiger partial charge on any atom is -0.356 e. The van der Waals surface area contributed by atoms with Crippen molar-refractivity contribution in [2.24, 2.45) is 0 Å². The number of carbonyl (C=O) groups is 1. The molecule has 2 N–H and O–H groups in total. The fraction of sp³-hybridized carbons (Fsp3) is 0.318. The predicted octanol–water partition coefficient (Wildman–Crippen LogP) is 3.67. The van der Waals surface area contributed by atoms with Crippen molar-refractivity contribution in [2.45, 2.75) is 19.3 Å². The topological polar surface area (TPSA) is 44.4 Å². The number of halogens is 1. The molecule has 142 valence electrons. The number of anilines is 1. The summed E-state index contributed by atoms with van der Waals surface area (Å²) in [6, 6.07) is 8.59. The number of rotatable bonds is 7. The van der Waals surface area contributed by atoms with Gasteiger partial charge in [-0.15, -0.1) is 0 Å². The molecule has 3 rings (SSSR count). The van der Waals surface area contributed by atoms with Crippen molar-refractivity contribution in [1.29, 1.82) is 0 Å². The molecule has 0 aromatic heterocycles. The van der Waals surface area contributed by atoms with Crippen molar-refractivity contribution in [3.05, 3.63) is 76.5 Å². The number of fused-ring (bicyclic) bond motifs is 2. The normalized spacial score (nSPS) is 16.1. The van der Waals surface area contributed by atoms with Crippen molar-refractivity contribution in [3.63, 3.8) is 0 Å².